The molecule has 1 heterocycles. The lowest BCUT2D eigenvalue weighted by Gasteiger charge is -2.32. The highest BCUT2D eigenvalue weighted by Gasteiger charge is 2.32. The van der Waals surface area contributed by atoms with Gasteiger partial charge in [-0.1, -0.05) is 24.3 Å². The average Bonchev–Trinajstić information content (AvgIpc) is 2.62. The highest BCUT2D eigenvalue weighted by Crippen LogP contribution is 2.32. The molecule has 2 aromatic rings. The van der Waals surface area contributed by atoms with Crippen molar-refractivity contribution in [2.45, 2.75) is 23.8 Å². The molecular weight excluding hydrogens is 419 g/mol. The minimum absolute atomic E-state index is 0.0237. The van der Waals surface area contributed by atoms with Crippen molar-refractivity contribution in [2.24, 2.45) is 0 Å². The van der Waals surface area contributed by atoms with Crippen LogP contribution in [0.2, 0.25) is 0 Å². The summed E-state index contributed by atoms with van der Waals surface area (Å²) in [6, 6.07) is 9.48. The number of benzene rings is 2. The number of hydrogen-bond acceptors (Lipinski definition) is 5. The zero-order valence-electron chi connectivity index (χ0n) is 15.9. The lowest BCUT2D eigenvalue weighted by atomic mass is 10.0. The van der Waals surface area contributed by atoms with Gasteiger partial charge in [0.25, 0.3) is 0 Å². The van der Waals surface area contributed by atoms with Gasteiger partial charge in [-0.05, 0) is 36.6 Å². The molecule has 0 spiro atoms. The fraction of sp³-hybridized carbons (Fsp3) is 0.316. The lowest BCUT2D eigenvalue weighted by molar-refractivity contribution is -0.121. The monoisotopic (exact) mass is 440 g/mol. The predicted molar refractivity (Wildman–Crippen MR) is 108 cm³/mol. The van der Waals surface area contributed by atoms with E-state index in [0.717, 1.165) is 12.5 Å². The number of nitrogens with one attached hydrogen (secondary N) is 1. The number of anilines is 1. The van der Waals surface area contributed by atoms with Crippen LogP contribution in [0, 0.1) is 5.82 Å². The molecule has 1 aliphatic heterocycles. The molecule has 156 valence electrons. The first-order valence-corrected chi connectivity index (χ1v) is 12.6. The maximum absolute atomic E-state index is 14.9. The zero-order chi connectivity index (χ0) is 21.4. The van der Waals surface area contributed by atoms with E-state index in [-0.39, 0.29) is 17.1 Å². The standard InChI is InChI=1S/C19H21FN2O5S2/c1-28(24,25)18-8-4-3-6-14(18)13-9-10-17(15(20)12-13)22-11-5-7-16(19(22)23)21-29(2,26)27/h3-4,6,8-10,12,16,21H,5,7,11H2,1-2H3. The van der Waals surface area contributed by atoms with Crippen molar-refractivity contribution in [2.75, 3.05) is 24.0 Å². The molecule has 29 heavy (non-hydrogen) atoms. The SMILES string of the molecule is CS(=O)(=O)NC1CCCN(c2ccc(-c3ccccc3S(C)(=O)=O)cc2F)C1=O. The Morgan fingerprint density at radius 3 is 2.38 bits per heavy atom. The first-order valence-electron chi connectivity index (χ1n) is 8.85. The summed E-state index contributed by atoms with van der Waals surface area (Å²) in [4.78, 5) is 13.9. The molecule has 1 unspecified atom stereocenters. The number of rotatable bonds is 5. The fourth-order valence-electron chi connectivity index (χ4n) is 3.40. The molecule has 0 radical (unpaired) electrons. The van der Waals surface area contributed by atoms with Crippen molar-refractivity contribution < 1.29 is 26.0 Å². The van der Waals surface area contributed by atoms with E-state index in [9.17, 15) is 26.0 Å². The van der Waals surface area contributed by atoms with Gasteiger partial charge in [0.1, 0.15) is 11.9 Å². The molecular formula is C19H21FN2O5S2. The van der Waals surface area contributed by atoms with Crippen molar-refractivity contribution in [3.63, 3.8) is 0 Å². The number of nitrogens with zero attached hydrogens (tertiary/aromatic N) is 1. The molecule has 2 aromatic carbocycles. The van der Waals surface area contributed by atoms with Gasteiger partial charge in [0, 0.05) is 18.4 Å². The van der Waals surface area contributed by atoms with Gasteiger partial charge < -0.3 is 4.90 Å². The minimum Gasteiger partial charge on any atom is -0.308 e. The largest absolute Gasteiger partial charge is 0.308 e. The maximum Gasteiger partial charge on any atom is 0.245 e. The Balaban J connectivity index is 1.96. The second-order valence-electron chi connectivity index (χ2n) is 7.01. The molecule has 1 amide bonds. The average molecular weight is 441 g/mol. The van der Waals surface area contributed by atoms with E-state index in [0.29, 0.717) is 24.0 Å². The van der Waals surface area contributed by atoms with Crippen LogP contribution in [0.3, 0.4) is 0 Å². The van der Waals surface area contributed by atoms with E-state index in [1.165, 1.54) is 23.1 Å². The van der Waals surface area contributed by atoms with Crippen molar-refractivity contribution in [1.29, 1.82) is 0 Å². The van der Waals surface area contributed by atoms with E-state index in [1.54, 1.807) is 24.3 Å². The van der Waals surface area contributed by atoms with Crippen LogP contribution in [0.15, 0.2) is 47.4 Å². The third-order valence-electron chi connectivity index (χ3n) is 4.63. The molecule has 1 atom stereocenters. The minimum atomic E-state index is -3.58. The van der Waals surface area contributed by atoms with Gasteiger partial charge in [0.05, 0.1) is 16.8 Å². The Morgan fingerprint density at radius 2 is 1.76 bits per heavy atom. The number of carbonyl (C=O) groups excluding carboxylic acids is 1. The summed E-state index contributed by atoms with van der Waals surface area (Å²) in [5.41, 5.74) is 0.750. The Bertz CT molecular complexity index is 1160. The van der Waals surface area contributed by atoms with E-state index in [4.69, 9.17) is 0 Å². The zero-order valence-corrected chi connectivity index (χ0v) is 17.6. The van der Waals surface area contributed by atoms with Crippen LogP contribution in [0.4, 0.5) is 10.1 Å². The van der Waals surface area contributed by atoms with Gasteiger partial charge in [-0.2, -0.15) is 0 Å². The molecule has 1 N–H and O–H groups in total. The molecule has 0 aromatic heterocycles. The fourth-order valence-corrected chi connectivity index (χ4v) is 5.05. The molecule has 1 aliphatic rings. The second kappa shape index (κ2) is 7.85. The number of halogens is 1. The summed E-state index contributed by atoms with van der Waals surface area (Å²) in [7, 11) is -7.09. The topological polar surface area (TPSA) is 101 Å². The summed E-state index contributed by atoms with van der Waals surface area (Å²) < 4.78 is 64.1. The Hall–Kier alpha value is -2.30. The van der Waals surface area contributed by atoms with Crippen molar-refractivity contribution in [1.82, 2.24) is 4.72 Å². The first kappa shape index (κ1) is 21.4. The van der Waals surface area contributed by atoms with Gasteiger partial charge in [-0.15, -0.1) is 0 Å². The third-order valence-corrected chi connectivity index (χ3v) is 6.50. The Labute approximate surface area is 169 Å². The normalized spacial score (nSPS) is 18.1. The van der Waals surface area contributed by atoms with Gasteiger partial charge >= 0.3 is 0 Å². The number of sulfonamides is 1. The van der Waals surface area contributed by atoms with Crippen molar-refractivity contribution >= 4 is 31.5 Å². The molecule has 0 saturated carbocycles. The van der Waals surface area contributed by atoms with Gasteiger partial charge in [0.2, 0.25) is 15.9 Å². The molecule has 7 nitrogen and oxygen atoms in total. The van der Waals surface area contributed by atoms with Crippen LogP contribution < -0.4 is 9.62 Å². The highest BCUT2D eigenvalue weighted by molar-refractivity contribution is 7.90. The Morgan fingerprint density at radius 1 is 1.07 bits per heavy atom. The summed E-state index contributed by atoms with van der Waals surface area (Å²) >= 11 is 0. The molecule has 0 aliphatic carbocycles. The predicted octanol–water partition coefficient (Wildman–Crippen LogP) is 1.94. The van der Waals surface area contributed by atoms with E-state index in [2.05, 4.69) is 4.72 Å². The van der Waals surface area contributed by atoms with E-state index >= 15 is 0 Å². The lowest BCUT2D eigenvalue weighted by Crippen LogP contribution is -2.52. The number of hydrogen-bond donors (Lipinski definition) is 1. The first-order chi connectivity index (χ1) is 13.5. The van der Waals surface area contributed by atoms with E-state index in [1.807, 2.05) is 0 Å². The smallest absolute Gasteiger partial charge is 0.245 e. The van der Waals surface area contributed by atoms with Gasteiger partial charge in [0.15, 0.2) is 9.84 Å². The molecule has 1 saturated heterocycles. The quantitative estimate of drug-likeness (QED) is 0.766. The summed E-state index contributed by atoms with van der Waals surface area (Å²) in [5.74, 6) is -1.22. The highest BCUT2D eigenvalue weighted by atomic mass is 32.2. The molecule has 0 bridgehead atoms. The molecule has 10 heteroatoms. The number of carbonyl (C=O) groups is 1. The van der Waals surface area contributed by atoms with Crippen LogP contribution in [-0.4, -0.2) is 47.8 Å². The van der Waals surface area contributed by atoms with Crippen LogP contribution in [0.1, 0.15) is 12.8 Å². The van der Waals surface area contributed by atoms with Gasteiger partial charge in [-0.25, -0.2) is 25.9 Å². The second-order valence-corrected chi connectivity index (χ2v) is 10.8. The summed E-state index contributed by atoms with van der Waals surface area (Å²) in [5, 5.41) is 0. The van der Waals surface area contributed by atoms with Crippen LogP contribution >= 0.6 is 0 Å². The number of amides is 1. The number of sulfone groups is 1. The summed E-state index contributed by atoms with van der Waals surface area (Å²) in [6.07, 6.45) is 2.90. The molecule has 3 rings (SSSR count). The van der Waals surface area contributed by atoms with Crippen LogP contribution in [0.5, 0.6) is 0 Å². The van der Waals surface area contributed by atoms with E-state index < -0.39 is 37.6 Å². The maximum atomic E-state index is 14.9. The van der Waals surface area contributed by atoms with Crippen LogP contribution in [0.25, 0.3) is 11.1 Å². The Kier molecular flexibility index (Phi) is 5.79. The van der Waals surface area contributed by atoms with Crippen molar-refractivity contribution in [3.05, 3.63) is 48.3 Å². The third kappa shape index (κ3) is 4.82. The van der Waals surface area contributed by atoms with Crippen molar-refractivity contribution in [3.8, 4) is 11.1 Å². The number of piperidine rings is 1. The van der Waals surface area contributed by atoms with Crippen LogP contribution in [-0.2, 0) is 24.7 Å². The summed E-state index contributed by atoms with van der Waals surface area (Å²) in [6.45, 7) is 0.261. The molecule has 1 fully saturated rings. The van der Waals surface area contributed by atoms with Gasteiger partial charge in [-0.3, -0.25) is 4.79 Å².